The fraction of sp³-hybridized carbons (Fsp3) is 0.750. The second-order valence-electron chi connectivity index (χ2n) is 8.97. The van der Waals surface area contributed by atoms with Crippen LogP contribution in [0.5, 0.6) is 0 Å². The first kappa shape index (κ1) is 22.3. The van der Waals surface area contributed by atoms with E-state index in [4.69, 9.17) is 4.74 Å². The molecule has 3 aliphatic rings. The SMILES string of the molecule is CC1CCC(NC(=O)C2CCN(C(=O)c3cnn(C4NCCO4)c3B(O)O)CC2)CC1. The second kappa shape index (κ2) is 9.68. The predicted molar refractivity (Wildman–Crippen MR) is 113 cm³/mol. The molecule has 4 N–H and O–H groups in total. The van der Waals surface area contributed by atoms with Crippen LogP contribution in [0.15, 0.2) is 6.20 Å². The first-order valence-corrected chi connectivity index (χ1v) is 11.3. The second-order valence-corrected chi connectivity index (χ2v) is 8.97. The van der Waals surface area contributed by atoms with Gasteiger partial charge >= 0.3 is 7.12 Å². The molecule has 3 fully saturated rings. The van der Waals surface area contributed by atoms with Crippen LogP contribution in [0.25, 0.3) is 0 Å². The van der Waals surface area contributed by atoms with Crippen molar-refractivity contribution in [1.82, 2.24) is 25.3 Å². The lowest BCUT2D eigenvalue weighted by Crippen LogP contribution is -2.48. The Morgan fingerprint density at radius 1 is 1.19 bits per heavy atom. The molecule has 0 aromatic carbocycles. The van der Waals surface area contributed by atoms with Crippen LogP contribution in [0.1, 0.15) is 62.2 Å². The van der Waals surface area contributed by atoms with Crippen LogP contribution in [0.3, 0.4) is 0 Å². The third-order valence-electron chi connectivity index (χ3n) is 6.74. The van der Waals surface area contributed by atoms with E-state index in [1.54, 1.807) is 4.90 Å². The number of carbonyl (C=O) groups excluding carboxylic acids is 2. The van der Waals surface area contributed by atoms with Gasteiger partial charge in [0.1, 0.15) is 0 Å². The van der Waals surface area contributed by atoms with E-state index in [2.05, 4.69) is 22.7 Å². The number of hydrogen-bond donors (Lipinski definition) is 4. The van der Waals surface area contributed by atoms with E-state index in [1.165, 1.54) is 10.9 Å². The van der Waals surface area contributed by atoms with Gasteiger partial charge in [-0.05, 0) is 44.4 Å². The maximum absolute atomic E-state index is 13.1. The van der Waals surface area contributed by atoms with Gasteiger partial charge in [-0.3, -0.25) is 14.9 Å². The molecule has 170 valence electrons. The highest BCUT2D eigenvalue weighted by Gasteiger charge is 2.35. The molecule has 0 bridgehead atoms. The lowest BCUT2D eigenvalue weighted by atomic mass is 9.82. The molecule has 3 heterocycles. The minimum Gasteiger partial charge on any atom is -0.422 e. The molecule has 0 spiro atoms. The molecule has 0 radical (unpaired) electrons. The number of likely N-dealkylation sites (tertiary alicyclic amines) is 1. The van der Waals surface area contributed by atoms with Gasteiger partial charge in [0.05, 0.1) is 24.0 Å². The van der Waals surface area contributed by atoms with E-state index in [-0.39, 0.29) is 34.9 Å². The Morgan fingerprint density at radius 2 is 1.90 bits per heavy atom. The van der Waals surface area contributed by atoms with Gasteiger partial charge in [0, 0.05) is 31.6 Å². The van der Waals surface area contributed by atoms with E-state index in [9.17, 15) is 19.6 Å². The summed E-state index contributed by atoms with van der Waals surface area (Å²) >= 11 is 0. The Balaban J connectivity index is 1.34. The molecular formula is C20H32BN5O5. The summed E-state index contributed by atoms with van der Waals surface area (Å²) in [5.41, 5.74) is 0.155. The number of nitrogens with zero attached hydrogens (tertiary/aromatic N) is 3. The van der Waals surface area contributed by atoms with Crippen molar-refractivity contribution in [3.63, 3.8) is 0 Å². The Kier molecular flexibility index (Phi) is 6.95. The number of ether oxygens (including phenoxy) is 1. The average molecular weight is 433 g/mol. The molecular weight excluding hydrogens is 401 g/mol. The predicted octanol–water partition coefficient (Wildman–Crippen LogP) is -0.814. The number of amides is 2. The zero-order valence-corrected chi connectivity index (χ0v) is 18.0. The van der Waals surface area contributed by atoms with Gasteiger partial charge < -0.3 is 25.0 Å². The van der Waals surface area contributed by atoms with Gasteiger partial charge in [0.2, 0.25) is 12.3 Å². The van der Waals surface area contributed by atoms with Crippen LogP contribution >= 0.6 is 0 Å². The van der Waals surface area contributed by atoms with Crippen molar-refractivity contribution in [2.45, 2.75) is 57.8 Å². The number of hydrogen-bond acceptors (Lipinski definition) is 7. The molecule has 1 aromatic rings. The molecule has 1 aliphatic carbocycles. The maximum Gasteiger partial charge on any atom is 0.508 e. The van der Waals surface area contributed by atoms with E-state index in [0.717, 1.165) is 31.6 Å². The van der Waals surface area contributed by atoms with Crippen LogP contribution in [0.4, 0.5) is 0 Å². The van der Waals surface area contributed by atoms with Gasteiger partial charge in [0.25, 0.3) is 5.91 Å². The van der Waals surface area contributed by atoms with Crippen molar-refractivity contribution in [1.29, 1.82) is 0 Å². The summed E-state index contributed by atoms with van der Waals surface area (Å²) in [4.78, 5) is 27.4. The number of nitrogens with one attached hydrogen (secondary N) is 2. The van der Waals surface area contributed by atoms with E-state index >= 15 is 0 Å². The van der Waals surface area contributed by atoms with Crippen molar-refractivity contribution >= 4 is 24.5 Å². The average Bonchev–Trinajstić information content (AvgIpc) is 3.44. The highest BCUT2D eigenvalue weighted by molar-refractivity contribution is 6.59. The molecule has 2 aliphatic heterocycles. The lowest BCUT2D eigenvalue weighted by Gasteiger charge is -2.33. The molecule has 2 amide bonds. The van der Waals surface area contributed by atoms with Gasteiger partial charge in [-0.25, -0.2) is 4.68 Å². The third-order valence-corrected chi connectivity index (χ3v) is 6.74. The molecule has 31 heavy (non-hydrogen) atoms. The summed E-state index contributed by atoms with van der Waals surface area (Å²) in [6.45, 7) is 4.24. The summed E-state index contributed by atoms with van der Waals surface area (Å²) < 4.78 is 6.78. The van der Waals surface area contributed by atoms with Crippen molar-refractivity contribution in [3.05, 3.63) is 11.8 Å². The van der Waals surface area contributed by atoms with Gasteiger partial charge in [0.15, 0.2) is 0 Å². The van der Waals surface area contributed by atoms with Crippen LogP contribution < -0.4 is 16.2 Å². The van der Waals surface area contributed by atoms with Gasteiger partial charge in [-0.1, -0.05) is 6.92 Å². The maximum atomic E-state index is 13.1. The quantitative estimate of drug-likeness (QED) is 0.447. The Morgan fingerprint density at radius 3 is 2.52 bits per heavy atom. The number of rotatable bonds is 5. The van der Waals surface area contributed by atoms with Gasteiger partial charge in [-0.15, -0.1) is 0 Å². The molecule has 1 unspecified atom stereocenters. The molecule has 1 aromatic heterocycles. The Labute approximate surface area is 182 Å². The fourth-order valence-corrected chi connectivity index (χ4v) is 4.79. The Bertz CT molecular complexity index is 781. The van der Waals surface area contributed by atoms with E-state index in [0.29, 0.717) is 39.1 Å². The standard InChI is InChI=1S/C20H32BN5O5/c1-13-2-4-15(5-3-13)24-18(27)14-6-9-25(10-7-14)19(28)16-12-23-26(17(16)21(29)30)20-22-8-11-31-20/h12-15,20,22,29-30H,2-11H2,1H3,(H,24,27). The first-order valence-electron chi connectivity index (χ1n) is 11.3. The number of piperidine rings is 1. The highest BCUT2D eigenvalue weighted by atomic mass is 16.5. The monoisotopic (exact) mass is 433 g/mol. The molecule has 1 atom stereocenters. The minimum absolute atomic E-state index is 0.00999. The fourth-order valence-electron chi connectivity index (χ4n) is 4.79. The van der Waals surface area contributed by atoms with Gasteiger partial charge in [-0.2, -0.15) is 5.10 Å². The van der Waals surface area contributed by atoms with Crippen molar-refractivity contribution in [3.8, 4) is 0 Å². The first-order chi connectivity index (χ1) is 14.9. The van der Waals surface area contributed by atoms with Crippen molar-refractivity contribution in [2.24, 2.45) is 11.8 Å². The largest absolute Gasteiger partial charge is 0.508 e. The molecule has 1 saturated carbocycles. The van der Waals surface area contributed by atoms with Crippen molar-refractivity contribution in [2.75, 3.05) is 26.2 Å². The summed E-state index contributed by atoms with van der Waals surface area (Å²) in [5.74, 6) is 0.429. The summed E-state index contributed by atoms with van der Waals surface area (Å²) in [7, 11) is -1.85. The normalized spacial score (nSPS) is 27.3. The lowest BCUT2D eigenvalue weighted by molar-refractivity contribution is -0.127. The zero-order chi connectivity index (χ0) is 22.0. The highest BCUT2D eigenvalue weighted by Crippen LogP contribution is 2.25. The van der Waals surface area contributed by atoms with E-state index < -0.39 is 13.5 Å². The molecule has 11 heteroatoms. The summed E-state index contributed by atoms with van der Waals surface area (Å²) in [5, 5.41) is 30.1. The van der Waals surface area contributed by atoms with Crippen LogP contribution in [-0.4, -0.2) is 75.9 Å². The summed E-state index contributed by atoms with van der Waals surface area (Å²) in [6, 6.07) is 0.272. The number of aromatic nitrogens is 2. The molecule has 10 nitrogen and oxygen atoms in total. The third kappa shape index (κ3) is 4.95. The number of carbonyl (C=O) groups is 2. The van der Waals surface area contributed by atoms with Crippen LogP contribution in [0.2, 0.25) is 0 Å². The van der Waals surface area contributed by atoms with Crippen LogP contribution in [0, 0.1) is 11.8 Å². The molecule has 4 rings (SSSR count). The van der Waals surface area contributed by atoms with E-state index in [1.807, 2.05) is 0 Å². The van der Waals surface area contributed by atoms with Crippen molar-refractivity contribution < 1.29 is 24.4 Å². The topological polar surface area (TPSA) is 129 Å². The summed E-state index contributed by atoms with van der Waals surface area (Å²) in [6.07, 6.45) is 6.32. The van der Waals surface area contributed by atoms with Crippen LogP contribution in [-0.2, 0) is 9.53 Å². The zero-order valence-electron chi connectivity index (χ0n) is 18.0. The molecule has 2 saturated heterocycles. The Hall–Kier alpha value is -1.95. The smallest absolute Gasteiger partial charge is 0.422 e. The minimum atomic E-state index is -1.85.